The van der Waals surface area contributed by atoms with Gasteiger partial charge in [-0.25, -0.2) is 8.42 Å². The van der Waals surface area contributed by atoms with Crippen LogP contribution in [0.3, 0.4) is 0 Å². The van der Waals surface area contributed by atoms with E-state index in [0.717, 1.165) is 21.2 Å². The van der Waals surface area contributed by atoms with Crippen LogP contribution in [0.1, 0.15) is 11.1 Å². The Bertz CT molecular complexity index is 1370. The molecule has 3 aromatic carbocycles. The summed E-state index contributed by atoms with van der Waals surface area (Å²) in [5, 5.41) is 4.15. The minimum Gasteiger partial charge on any atom is -0.325 e. The molecule has 0 aliphatic carbocycles. The Hall–Kier alpha value is -2.78. The first-order valence-corrected chi connectivity index (χ1v) is 12.4. The number of hydrogen-bond donors (Lipinski definition) is 1. The molecule has 4 aromatic rings. The van der Waals surface area contributed by atoms with Gasteiger partial charge in [0.25, 0.3) is 0 Å². The van der Waals surface area contributed by atoms with Gasteiger partial charge in [0.2, 0.25) is 15.9 Å². The highest BCUT2D eigenvalue weighted by Gasteiger charge is 2.27. The Kier molecular flexibility index (Phi) is 6.57. The fraction of sp³-hybridized carbons (Fsp3) is 0.130. The number of hydrogen-bond acceptors (Lipinski definition) is 5. The van der Waals surface area contributed by atoms with Crippen molar-refractivity contribution >= 4 is 54.8 Å². The largest absolute Gasteiger partial charge is 0.325 e. The van der Waals surface area contributed by atoms with Crippen LogP contribution >= 0.6 is 23.1 Å². The molecule has 164 valence electrons. The van der Waals surface area contributed by atoms with Gasteiger partial charge in [-0.05, 0) is 66.5 Å². The molecule has 1 aromatic heterocycles. The van der Waals surface area contributed by atoms with Gasteiger partial charge in [-0.3, -0.25) is 4.79 Å². The maximum absolute atomic E-state index is 13.4. The SMILES string of the molecule is Cc1cccc(CN(CC(=O)Nc2ccc3sncc3c2)S(=O)(=O)c2ccc(Cl)cc2)c1. The maximum atomic E-state index is 13.4. The summed E-state index contributed by atoms with van der Waals surface area (Å²) >= 11 is 7.29. The summed E-state index contributed by atoms with van der Waals surface area (Å²) < 4.78 is 33.0. The Morgan fingerprint density at radius 2 is 1.88 bits per heavy atom. The molecule has 6 nitrogen and oxygen atoms in total. The number of aryl methyl sites for hydroxylation is 1. The molecule has 1 amide bonds. The number of aromatic nitrogens is 1. The van der Waals surface area contributed by atoms with Gasteiger partial charge in [-0.1, -0.05) is 41.4 Å². The first-order valence-electron chi connectivity index (χ1n) is 9.77. The van der Waals surface area contributed by atoms with E-state index in [-0.39, 0.29) is 18.0 Å². The standard InChI is InChI=1S/C23H20ClN3O3S2/c1-16-3-2-4-17(11-16)14-27(32(29,30)21-8-5-19(24)6-9-21)15-23(28)26-20-7-10-22-18(12-20)13-25-31-22/h2-13H,14-15H2,1H3,(H,26,28). The zero-order valence-corrected chi connectivity index (χ0v) is 19.5. The maximum Gasteiger partial charge on any atom is 0.243 e. The van der Waals surface area contributed by atoms with Gasteiger partial charge in [-0.15, -0.1) is 0 Å². The van der Waals surface area contributed by atoms with E-state index >= 15 is 0 Å². The quantitative estimate of drug-likeness (QED) is 0.395. The molecule has 32 heavy (non-hydrogen) atoms. The minimum absolute atomic E-state index is 0.0630. The molecule has 0 unspecified atom stereocenters. The lowest BCUT2D eigenvalue weighted by molar-refractivity contribution is -0.116. The second-order valence-electron chi connectivity index (χ2n) is 7.34. The second kappa shape index (κ2) is 9.38. The van der Waals surface area contributed by atoms with Crippen molar-refractivity contribution < 1.29 is 13.2 Å². The summed E-state index contributed by atoms with van der Waals surface area (Å²) in [5.41, 5.74) is 2.39. The molecule has 0 saturated heterocycles. The van der Waals surface area contributed by atoms with E-state index < -0.39 is 15.9 Å². The smallest absolute Gasteiger partial charge is 0.243 e. The van der Waals surface area contributed by atoms with Crippen LogP contribution in [0.2, 0.25) is 5.02 Å². The highest BCUT2D eigenvalue weighted by molar-refractivity contribution is 7.89. The van der Waals surface area contributed by atoms with E-state index in [4.69, 9.17) is 11.6 Å². The molecule has 0 spiro atoms. The monoisotopic (exact) mass is 485 g/mol. The predicted octanol–water partition coefficient (Wildman–Crippen LogP) is 5.09. The lowest BCUT2D eigenvalue weighted by Crippen LogP contribution is -2.37. The summed E-state index contributed by atoms with van der Waals surface area (Å²) in [6.07, 6.45) is 1.73. The number of fused-ring (bicyclic) bond motifs is 1. The summed E-state index contributed by atoms with van der Waals surface area (Å²) in [6, 6.07) is 18.9. The van der Waals surface area contributed by atoms with Gasteiger partial charge in [0.1, 0.15) is 0 Å². The Labute approximate surface area is 195 Å². The summed E-state index contributed by atoms with van der Waals surface area (Å²) in [4.78, 5) is 12.9. The molecular formula is C23H20ClN3O3S2. The third-order valence-electron chi connectivity index (χ3n) is 4.85. The normalized spacial score (nSPS) is 11.7. The minimum atomic E-state index is -3.94. The van der Waals surface area contributed by atoms with Crippen LogP contribution in [0.4, 0.5) is 5.69 Å². The number of halogens is 1. The van der Waals surface area contributed by atoms with E-state index in [1.165, 1.54) is 40.1 Å². The molecule has 1 heterocycles. The number of rotatable bonds is 7. The van der Waals surface area contributed by atoms with Crippen LogP contribution in [0.5, 0.6) is 0 Å². The number of nitrogens with one attached hydrogen (secondary N) is 1. The molecule has 0 saturated carbocycles. The molecule has 9 heteroatoms. The van der Waals surface area contributed by atoms with E-state index in [2.05, 4.69) is 9.69 Å². The topological polar surface area (TPSA) is 79.4 Å². The number of amides is 1. The zero-order chi connectivity index (χ0) is 22.7. The number of sulfonamides is 1. The van der Waals surface area contributed by atoms with E-state index in [9.17, 15) is 13.2 Å². The first-order chi connectivity index (χ1) is 15.3. The molecular weight excluding hydrogens is 466 g/mol. The lowest BCUT2D eigenvalue weighted by Gasteiger charge is -2.22. The summed E-state index contributed by atoms with van der Waals surface area (Å²) in [5.74, 6) is -0.433. The third kappa shape index (κ3) is 5.16. The van der Waals surface area contributed by atoms with Gasteiger partial charge < -0.3 is 5.32 Å². The average Bonchev–Trinajstić information content (AvgIpc) is 3.21. The van der Waals surface area contributed by atoms with Gasteiger partial charge >= 0.3 is 0 Å². The van der Waals surface area contributed by atoms with Crippen LogP contribution in [0.15, 0.2) is 77.8 Å². The first kappa shape index (κ1) is 22.4. The highest BCUT2D eigenvalue weighted by Crippen LogP contribution is 2.23. The number of carbonyl (C=O) groups excluding carboxylic acids is 1. The van der Waals surface area contributed by atoms with Crippen molar-refractivity contribution in [2.45, 2.75) is 18.4 Å². The Morgan fingerprint density at radius 1 is 1.09 bits per heavy atom. The van der Waals surface area contributed by atoms with Crippen LogP contribution < -0.4 is 5.32 Å². The third-order valence-corrected chi connectivity index (χ3v) is 7.69. The van der Waals surface area contributed by atoms with Crippen LogP contribution in [-0.2, 0) is 21.4 Å². The van der Waals surface area contributed by atoms with Gasteiger partial charge in [0.05, 0.1) is 16.1 Å². The van der Waals surface area contributed by atoms with Crippen LogP contribution in [0, 0.1) is 6.92 Å². The molecule has 0 aliphatic rings. The van der Waals surface area contributed by atoms with Gasteiger partial charge in [0, 0.05) is 28.8 Å². The van der Waals surface area contributed by atoms with Crippen LogP contribution in [0.25, 0.3) is 10.1 Å². The molecule has 1 N–H and O–H groups in total. The number of carbonyl (C=O) groups is 1. The van der Waals surface area contributed by atoms with Crippen molar-refractivity contribution in [2.24, 2.45) is 0 Å². The number of anilines is 1. The Balaban J connectivity index is 1.60. The molecule has 0 aliphatic heterocycles. The summed E-state index contributed by atoms with van der Waals surface area (Å²) in [6.45, 7) is 1.66. The van der Waals surface area contributed by atoms with Gasteiger partial charge in [-0.2, -0.15) is 8.68 Å². The van der Waals surface area contributed by atoms with Crippen molar-refractivity contribution in [3.63, 3.8) is 0 Å². The average molecular weight is 486 g/mol. The van der Waals surface area contributed by atoms with Crippen molar-refractivity contribution in [2.75, 3.05) is 11.9 Å². The predicted molar refractivity (Wildman–Crippen MR) is 128 cm³/mol. The van der Waals surface area contributed by atoms with Crippen LogP contribution in [-0.4, -0.2) is 29.5 Å². The van der Waals surface area contributed by atoms with Crippen molar-refractivity contribution in [1.29, 1.82) is 0 Å². The fourth-order valence-corrected chi connectivity index (χ4v) is 5.44. The fourth-order valence-electron chi connectivity index (χ4n) is 3.31. The molecule has 0 bridgehead atoms. The van der Waals surface area contributed by atoms with Crippen molar-refractivity contribution in [3.05, 3.63) is 89.1 Å². The summed E-state index contributed by atoms with van der Waals surface area (Å²) in [7, 11) is -3.94. The highest BCUT2D eigenvalue weighted by atomic mass is 35.5. The molecule has 4 rings (SSSR count). The molecule has 0 fully saturated rings. The molecule has 0 atom stereocenters. The number of nitrogens with zero attached hydrogens (tertiary/aromatic N) is 2. The van der Waals surface area contributed by atoms with E-state index in [0.29, 0.717) is 10.7 Å². The zero-order valence-electron chi connectivity index (χ0n) is 17.2. The second-order valence-corrected chi connectivity index (χ2v) is 10.6. The lowest BCUT2D eigenvalue weighted by atomic mass is 10.1. The molecule has 0 radical (unpaired) electrons. The van der Waals surface area contributed by atoms with Gasteiger partial charge in [0.15, 0.2) is 0 Å². The van der Waals surface area contributed by atoms with Crippen molar-refractivity contribution in [3.8, 4) is 0 Å². The van der Waals surface area contributed by atoms with E-state index in [1.807, 2.05) is 43.3 Å². The number of benzene rings is 3. The van der Waals surface area contributed by atoms with Crippen molar-refractivity contribution in [1.82, 2.24) is 8.68 Å². The Morgan fingerprint density at radius 3 is 2.62 bits per heavy atom. The van der Waals surface area contributed by atoms with E-state index in [1.54, 1.807) is 12.3 Å².